The van der Waals surface area contributed by atoms with E-state index in [1.165, 1.54) is 88.0 Å². The first kappa shape index (κ1) is 29.9. The van der Waals surface area contributed by atoms with Gasteiger partial charge < -0.3 is 0 Å². The van der Waals surface area contributed by atoms with Crippen molar-refractivity contribution in [3.63, 3.8) is 0 Å². The third kappa shape index (κ3) is 4.49. The molecule has 1 aromatic heterocycles. The summed E-state index contributed by atoms with van der Waals surface area (Å²) in [6, 6.07) is 64.8. The fourth-order valence-corrected chi connectivity index (χ4v) is 8.95. The van der Waals surface area contributed by atoms with Crippen molar-refractivity contribution in [2.24, 2.45) is 0 Å². The smallest absolute Gasteiger partial charge is 0.114 e. The highest BCUT2D eigenvalue weighted by atomic mass is 15.1. The molecule has 53 heavy (non-hydrogen) atoms. The van der Waals surface area contributed by atoms with Gasteiger partial charge >= 0.3 is 0 Å². The molecule has 10 aromatic rings. The molecule has 0 spiro atoms. The standard InChI is InChI=1S/C51H34N2/c1-2-48-52-46-21-10-11-22-47(46)53(48)37-26-23-33(24-27-37)49-41-18-8-9-19-42(41)51(43-28-25-34(30-45(43)49)32-13-4-3-5-14-32)36-29-35-15-12-20-40-38-16-6-7-17-39(38)44(31-36)50(35)40/h3-31H,2H2,1H3. The van der Waals surface area contributed by atoms with Crippen molar-refractivity contribution in [1.29, 1.82) is 0 Å². The fraction of sp³-hybridized carbons (Fsp3) is 0.0392. The molecular formula is C51H34N2. The number of imidazole rings is 1. The summed E-state index contributed by atoms with van der Waals surface area (Å²) in [5.74, 6) is 1.07. The zero-order valence-electron chi connectivity index (χ0n) is 29.3. The second-order valence-electron chi connectivity index (χ2n) is 14.1. The SMILES string of the molecule is CCc1nc2ccccc2n1-c1ccc(-c2c3ccccc3c(-c3cc4c5c(cccc5c3)-c3ccccc3-4)c3ccc(-c4ccccc4)cc23)cc1. The number of hydrogen-bond donors (Lipinski definition) is 0. The maximum absolute atomic E-state index is 4.96. The Kier molecular flexibility index (Phi) is 6.56. The lowest BCUT2D eigenvalue weighted by atomic mass is 9.84. The van der Waals surface area contributed by atoms with Gasteiger partial charge in [-0.3, -0.25) is 4.57 Å². The molecule has 248 valence electrons. The van der Waals surface area contributed by atoms with Gasteiger partial charge in [-0.15, -0.1) is 0 Å². The molecular weight excluding hydrogens is 641 g/mol. The molecule has 0 aliphatic heterocycles. The maximum Gasteiger partial charge on any atom is 0.114 e. The van der Waals surface area contributed by atoms with E-state index in [4.69, 9.17) is 4.98 Å². The van der Waals surface area contributed by atoms with Crippen LogP contribution in [0.2, 0.25) is 0 Å². The van der Waals surface area contributed by atoms with Gasteiger partial charge in [0, 0.05) is 12.1 Å². The second-order valence-corrected chi connectivity index (χ2v) is 14.1. The highest BCUT2D eigenvalue weighted by molar-refractivity contribution is 6.24. The Bertz CT molecular complexity index is 3080. The van der Waals surface area contributed by atoms with Crippen LogP contribution in [0.3, 0.4) is 0 Å². The molecule has 2 nitrogen and oxygen atoms in total. The van der Waals surface area contributed by atoms with E-state index in [-0.39, 0.29) is 0 Å². The molecule has 0 saturated carbocycles. The average Bonchev–Trinajstić information content (AvgIpc) is 3.77. The van der Waals surface area contributed by atoms with Gasteiger partial charge in [0.25, 0.3) is 0 Å². The summed E-state index contributed by atoms with van der Waals surface area (Å²) in [6.45, 7) is 2.18. The van der Waals surface area contributed by atoms with Crippen LogP contribution in [-0.4, -0.2) is 9.55 Å². The lowest BCUT2D eigenvalue weighted by Crippen LogP contribution is -2.00. The van der Waals surface area contributed by atoms with Gasteiger partial charge in [-0.05, 0) is 130 Å². The van der Waals surface area contributed by atoms with Crippen molar-refractivity contribution in [3.05, 3.63) is 182 Å². The van der Waals surface area contributed by atoms with Crippen molar-refractivity contribution in [2.45, 2.75) is 13.3 Å². The summed E-state index contributed by atoms with van der Waals surface area (Å²) in [6.07, 6.45) is 0.860. The fourth-order valence-electron chi connectivity index (χ4n) is 8.95. The Morgan fingerprint density at radius 2 is 1.08 bits per heavy atom. The minimum Gasteiger partial charge on any atom is -0.296 e. The first-order chi connectivity index (χ1) is 26.2. The van der Waals surface area contributed by atoms with Gasteiger partial charge in [-0.1, -0.05) is 140 Å². The largest absolute Gasteiger partial charge is 0.296 e. The van der Waals surface area contributed by atoms with Gasteiger partial charge in [-0.2, -0.15) is 0 Å². The van der Waals surface area contributed by atoms with Crippen molar-refractivity contribution in [1.82, 2.24) is 9.55 Å². The second kappa shape index (κ2) is 11.6. The highest BCUT2D eigenvalue weighted by Gasteiger charge is 2.24. The topological polar surface area (TPSA) is 17.8 Å². The lowest BCUT2D eigenvalue weighted by Gasteiger charge is -2.20. The third-order valence-electron chi connectivity index (χ3n) is 11.3. The van der Waals surface area contributed by atoms with Gasteiger partial charge in [-0.25, -0.2) is 4.98 Å². The average molecular weight is 675 g/mol. The number of nitrogens with zero attached hydrogens (tertiary/aromatic N) is 2. The first-order valence-electron chi connectivity index (χ1n) is 18.5. The summed E-state index contributed by atoms with van der Waals surface area (Å²) >= 11 is 0. The van der Waals surface area contributed by atoms with Crippen LogP contribution in [0, 0.1) is 0 Å². The molecule has 0 bridgehead atoms. The molecule has 1 aliphatic rings. The van der Waals surface area contributed by atoms with E-state index in [9.17, 15) is 0 Å². The first-order valence-corrected chi connectivity index (χ1v) is 18.5. The van der Waals surface area contributed by atoms with Crippen molar-refractivity contribution < 1.29 is 0 Å². The van der Waals surface area contributed by atoms with Crippen LogP contribution in [0.5, 0.6) is 0 Å². The predicted molar refractivity (Wildman–Crippen MR) is 224 cm³/mol. The molecule has 0 unspecified atom stereocenters. The number of aromatic nitrogens is 2. The maximum atomic E-state index is 4.96. The van der Waals surface area contributed by atoms with Crippen molar-refractivity contribution >= 4 is 43.4 Å². The Morgan fingerprint density at radius 1 is 0.434 bits per heavy atom. The van der Waals surface area contributed by atoms with Crippen molar-refractivity contribution in [3.8, 4) is 61.3 Å². The van der Waals surface area contributed by atoms with E-state index >= 15 is 0 Å². The monoisotopic (exact) mass is 674 g/mol. The van der Waals surface area contributed by atoms with Crippen LogP contribution >= 0.6 is 0 Å². The van der Waals surface area contributed by atoms with E-state index in [0.717, 1.165) is 29.0 Å². The minimum atomic E-state index is 0.860. The van der Waals surface area contributed by atoms with Crippen LogP contribution < -0.4 is 0 Å². The van der Waals surface area contributed by atoms with Gasteiger partial charge in [0.2, 0.25) is 0 Å². The van der Waals surface area contributed by atoms with Crippen LogP contribution in [0.1, 0.15) is 12.7 Å². The van der Waals surface area contributed by atoms with E-state index in [0.29, 0.717) is 0 Å². The van der Waals surface area contributed by atoms with E-state index in [1.54, 1.807) is 0 Å². The number of para-hydroxylation sites is 2. The third-order valence-corrected chi connectivity index (χ3v) is 11.3. The Labute approximate surface area is 308 Å². The molecule has 0 fully saturated rings. The summed E-state index contributed by atoms with van der Waals surface area (Å²) < 4.78 is 2.30. The Balaban J connectivity index is 1.19. The normalized spacial score (nSPS) is 11.9. The summed E-state index contributed by atoms with van der Waals surface area (Å²) in [7, 11) is 0. The van der Waals surface area contributed by atoms with E-state index < -0.39 is 0 Å². The molecule has 0 saturated heterocycles. The highest BCUT2D eigenvalue weighted by Crippen LogP contribution is 2.51. The van der Waals surface area contributed by atoms with Crippen LogP contribution in [0.15, 0.2) is 176 Å². The minimum absolute atomic E-state index is 0.860. The molecule has 0 N–H and O–H groups in total. The molecule has 1 heterocycles. The zero-order chi connectivity index (χ0) is 35.0. The summed E-state index contributed by atoms with van der Waals surface area (Å²) in [5, 5.41) is 7.65. The Morgan fingerprint density at radius 3 is 1.87 bits per heavy atom. The van der Waals surface area contributed by atoms with Crippen LogP contribution in [0.25, 0.3) is 105 Å². The number of fused-ring (bicyclic) bond motifs is 6. The molecule has 9 aromatic carbocycles. The predicted octanol–water partition coefficient (Wildman–Crippen LogP) is 13.7. The molecule has 0 amide bonds. The van der Waals surface area contributed by atoms with E-state index in [2.05, 4.69) is 187 Å². The molecule has 11 rings (SSSR count). The molecule has 1 aliphatic carbocycles. The summed E-state index contributed by atoms with van der Waals surface area (Å²) in [5.41, 5.74) is 16.0. The molecule has 2 heteroatoms. The quantitative estimate of drug-likeness (QED) is 0.166. The lowest BCUT2D eigenvalue weighted by molar-refractivity contribution is 0.908. The number of benzene rings is 9. The molecule has 0 radical (unpaired) electrons. The van der Waals surface area contributed by atoms with Crippen LogP contribution in [-0.2, 0) is 6.42 Å². The van der Waals surface area contributed by atoms with Gasteiger partial charge in [0.05, 0.1) is 11.0 Å². The zero-order valence-corrected chi connectivity index (χ0v) is 29.3. The Hall–Kier alpha value is -6.77. The van der Waals surface area contributed by atoms with E-state index in [1.807, 2.05) is 0 Å². The van der Waals surface area contributed by atoms with Crippen molar-refractivity contribution in [2.75, 3.05) is 0 Å². The number of aryl methyl sites for hydroxylation is 1. The van der Waals surface area contributed by atoms with Gasteiger partial charge in [0.15, 0.2) is 0 Å². The number of rotatable bonds is 5. The summed E-state index contributed by atoms with van der Waals surface area (Å²) in [4.78, 5) is 4.96. The van der Waals surface area contributed by atoms with Crippen LogP contribution in [0.4, 0.5) is 0 Å². The van der Waals surface area contributed by atoms with Gasteiger partial charge in [0.1, 0.15) is 5.82 Å². The molecule has 0 atom stereocenters. The number of hydrogen-bond acceptors (Lipinski definition) is 1.